The Hall–Kier alpha value is -2.55. The third-order valence-corrected chi connectivity index (χ3v) is 4.43. The third-order valence-electron chi connectivity index (χ3n) is 3.38. The Morgan fingerprint density at radius 3 is 2.54 bits per heavy atom. The largest absolute Gasteiger partial charge is 0.493 e. The van der Waals surface area contributed by atoms with Crippen molar-refractivity contribution >= 4 is 40.5 Å². The molecule has 0 spiro atoms. The minimum atomic E-state index is -1.22. The molecule has 0 aromatic heterocycles. The van der Waals surface area contributed by atoms with Gasteiger partial charge in [-0.1, -0.05) is 24.3 Å². The summed E-state index contributed by atoms with van der Waals surface area (Å²) in [6.07, 6.45) is 1.36. The van der Waals surface area contributed by atoms with Crippen molar-refractivity contribution in [3.63, 3.8) is 0 Å². The second-order valence-corrected chi connectivity index (χ2v) is 6.50. The molecular weight excluding hydrogens is 449 g/mol. The molecule has 0 radical (unpaired) electrons. The number of amides is 1. The summed E-state index contributed by atoms with van der Waals surface area (Å²) in [6.45, 7) is 1.64. The number of nitrogens with one attached hydrogen (secondary N) is 1. The van der Waals surface area contributed by atoms with Crippen LogP contribution in [0.1, 0.15) is 18.1 Å². The maximum atomic E-state index is 11.2. The molecule has 7 heteroatoms. The predicted octanol–water partition coefficient (Wildman–Crippen LogP) is 3.44. The van der Waals surface area contributed by atoms with Crippen LogP contribution in [-0.2, 0) is 16.2 Å². The average molecular weight is 467 g/mol. The van der Waals surface area contributed by atoms with Crippen molar-refractivity contribution in [3.05, 3.63) is 62.9 Å². The number of methoxy groups -OCH3 is 1. The summed E-state index contributed by atoms with van der Waals surface area (Å²) in [7, 11) is 1.51. The smallest absolute Gasteiger partial charge is 0.352 e. The van der Waals surface area contributed by atoms with Crippen LogP contribution in [0.15, 0.2) is 48.2 Å². The van der Waals surface area contributed by atoms with Gasteiger partial charge in [-0.15, -0.1) is 0 Å². The van der Waals surface area contributed by atoms with Crippen LogP contribution < -0.4 is 14.8 Å². The second kappa shape index (κ2) is 9.23. The number of rotatable bonds is 7. The molecule has 2 N–H and O–H groups in total. The van der Waals surface area contributed by atoms with Gasteiger partial charge in [-0.25, -0.2) is 4.79 Å². The molecule has 2 aromatic rings. The molecule has 0 saturated carbocycles. The van der Waals surface area contributed by atoms with E-state index in [9.17, 15) is 9.59 Å². The van der Waals surface area contributed by atoms with E-state index in [0.29, 0.717) is 23.7 Å². The first kappa shape index (κ1) is 19.8. The lowest BCUT2D eigenvalue weighted by atomic mass is 10.1. The number of hydrogen-bond acceptors (Lipinski definition) is 4. The van der Waals surface area contributed by atoms with Crippen molar-refractivity contribution in [2.24, 2.45) is 0 Å². The van der Waals surface area contributed by atoms with Gasteiger partial charge in [-0.2, -0.15) is 0 Å². The van der Waals surface area contributed by atoms with Gasteiger partial charge in [0.25, 0.3) is 0 Å². The maximum Gasteiger partial charge on any atom is 0.352 e. The topological polar surface area (TPSA) is 84.9 Å². The van der Waals surface area contributed by atoms with Crippen LogP contribution in [0.3, 0.4) is 0 Å². The zero-order valence-corrected chi connectivity index (χ0v) is 16.4. The number of carbonyl (C=O) groups excluding carboxylic acids is 1. The highest BCUT2D eigenvalue weighted by atomic mass is 127. The number of benzene rings is 2. The van der Waals surface area contributed by atoms with E-state index in [1.807, 2.05) is 24.3 Å². The Balaban J connectivity index is 2.22. The lowest BCUT2D eigenvalue weighted by Crippen LogP contribution is -2.24. The SMILES string of the molecule is COc1cc(/C=C(/NC(C)=O)C(=O)O)ccc1OCc1ccccc1I. The van der Waals surface area contributed by atoms with Crippen molar-refractivity contribution < 1.29 is 24.2 Å². The Morgan fingerprint density at radius 2 is 1.92 bits per heavy atom. The van der Waals surface area contributed by atoms with E-state index in [4.69, 9.17) is 14.6 Å². The van der Waals surface area contributed by atoms with E-state index < -0.39 is 11.9 Å². The first-order chi connectivity index (χ1) is 12.4. The molecule has 0 bridgehead atoms. The first-order valence-electron chi connectivity index (χ1n) is 7.67. The van der Waals surface area contributed by atoms with Gasteiger partial charge in [0, 0.05) is 16.1 Å². The molecule has 136 valence electrons. The Bertz CT molecular complexity index is 848. The van der Waals surface area contributed by atoms with Crippen LogP contribution in [0.25, 0.3) is 6.08 Å². The van der Waals surface area contributed by atoms with E-state index in [0.717, 1.165) is 9.13 Å². The summed E-state index contributed by atoms with van der Waals surface area (Å²) in [6, 6.07) is 12.9. The third kappa shape index (κ3) is 5.48. The van der Waals surface area contributed by atoms with Crippen LogP contribution in [-0.4, -0.2) is 24.1 Å². The molecule has 2 rings (SSSR count). The van der Waals surface area contributed by atoms with Gasteiger partial charge in [-0.3, -0.25) is 4.79 Å². The van der Waals surface area contributed by atoms with E-state index in [1.54, 1.807) is 18.2 Å². The van der Waals surface area contributed by atoms with Gasteiger partial charge in [0.15, 0.2) is 11.5 Å². The second-order valence-electron chi connectivity index (χ2n) is 5.33. The number of carbonyl (C=O) groups is 2. The van der Waals surface area contributed by atoms with Crippen LogP contribution >= 0.6 is 22.6 Å². The highest BCUT2D eigenvalue weighted by Crippen LogP contribution is 2.30. The maximum absolute atomic E-state index is 11.2. The van der Waals surface area contributed by atoms with Gasteiger partial charge in [0.1, 0.15) is 12.3 Å². The normalized spacial score (nSPS) is 11.0. The molecule has 0 aliphatic heterocycles. The Kier molecular flexibility index (Phi) is 7.02. The summed E-state index contributed by atoms with van der Waals surface area (Å²) in [5.41, 5.74) is 1.40. The monoisotopic (exact) mass is 467 g/mol. The number of aliphatic carboxylic acids is 1. The van der Waals surface area contributed by atoms with Crippen molar-refractivity contribution in [2.75, 3.05) is 7.11 Å². The fourth-order valence-corrected chi connectivity index (χ4v) is 2.71. The van der Waals surface area contributed by atoms with E-state index in [2.05, 4.69) is 27.9 Å². The molecule has 0 heterocycles. The fourth-order valence-electron chi connectivity index (χ4n) is 2.17. The molecule has 0 aliphatic rings. The summed E-state index contributed by atoms with van der Waals surface area (Å²) < 4.78 is 12.3. The zero-order valence-electron chi connectivity index (χ0n) is 14.3. The van der Waals surface area contributed by atoms with Gasteiger partial charge in [0.05, 0.1) is 7.11 Å². The van der Waals surface area contributed by atoms with Crippen molar-refractivity contribution in [2.45, 2.75) is 13.5 Å². The van der Waals surface area contributed by atoms with Gasteiger partial charge in [0.2, 0.25) is 5.91 Å². The molecule has 0 fully saturated rings. The molecule has 2 aromatic carbocycles. The Labute approximate surface area is 165 Å². The van der Waals surface area contributed by atoms with Gasteiger partial charge < -0.3 is 19.9 Å². The highest BCUT2D eigenvalue weighted by molar-refractivity contribution is 14.1. The summed E-state index contributed by atoms with van der Waals surface area (Å²) in [5.74, 6) is -0.667. The summed E-state index contributed by atoms with van der Waals surface area (Å²) in [5, 5.41) is 11.4. The predicted molar refractivity (Wildman–Crippen MR) is 106 cm³/mol. The molecule has 0 saturated heterocycles. The van der Waals surface area contributed by atoms with E-state index >= 15 is 0 Å². The first-order valence-corrected chi connectivity index (χ1v) is 8.75. The molecular formula is C19H18INO5. The summed E-state index contributed by atoms with van der Waals surface area (Å²) >= 11 is 2.25. The molecule has 6 nitrogen and oxygen atoms in total. The minimum absolute atomic E-state index is 0.216. The molecule has 0 atom stereocenters. The van der Waals surface area contributed by atoms with Crippen LogP contribution in [0.5, 0.6) is 11.5 Å². The standard InChI is InChI=1S/C19H18INO5/c1-12(22)21-16(19(23)24)9-13-7-8-17(18(10-13)25-2)26-11-14-5-3-4-6-15(14)20/h3-10H,11H2,1-2H3,(H,21,22)(H,23,24)/b16-9+. The van der Waals surface area contributed by atoms with Crippen molar-refractivity contribution in [1.82, 2.24) is 5.32 Å². The fraction of sp³-hybridized carbons (Fsp3) is 0.158. The zero-order chi connectivity index (χ0) is 19.1. The van der Waals surface area contributed by atoms with Crippen LogP contribution in [0, 0.1) is 3.57 Å². The van der Waals surface area contributed by atoms with Gasteiger partial charge in [-0.05, 0) is 52.4 Å². The minimum Gasteiger partial charge on any atom is -0.493 e. The lowest BCUT2D eigenvalue weighted by Gasteiger charge is -2.12. The van der Waals surface area contributed by atoms with Crippen molar-refractivity contribution in [3.8, 4) is 11.5 Å². The van der Waals surface area contributed by atoms with Crippen molar-refractivity contribution in [1.29, 1.82) is 0 Å². The number of carboxylic acids is 1. The molecule has 0 unspecified atom stereocenters. The average Bonchev–Trinajstić information content (AvgIpc) is 2.60. The van der Waals surface area contributed by atoms with Gasteiger partial charge >= 0.3 is 5.97 Å². The lowest BCUT2D eigenvalue weighted by molar-refractivity contribution is -0.134. The quantitative estimate of drug-likeness (QED) is 0.482. The number of halogens is 1. The van der Waals surface area contributed by atoms with Crippen LogP contribution in [0.2, 0.25) is 0 Å². The highest BCUT2D eigenvalue weighted by Gasteiger charge is 2.11. The Morgan fingerprint density at radius 1 is 1.19 bits per heavy atom. The number of carboxylic acid groups (broad SMARTS) is 1. The number of ether oxygens (including phenoxy) is 2. The molecule has 1 amide bonds. The van der Waals surface area contributed by atoms with E-state index in [-0.39, 0.29) is 5.70 Å². The molecule has 26 heavy (non-hydrogen) atoms. The van der Waals surface area contributed by atoms with Crippen LogP contribution in [0.4, 0.5) is 0 Å². The summed E-state index contributed by atoms with van der Waals surface area (Å²) in [4.78, 5) is 22.3. The number of hydrogen-bond donors (Lipinski definition) is 2. The molecule has 0 aliphatic carbocycles. The van der Waals surface area contributed by atoms with E-state index in [1.165, 1.54) is 20.1 Å².